The highest BCUT2D eigenvalue weighted by Gasteiger charge is 2.34. The smallest absolute Gasteiger partial charge is 0.250 e. The Morgan fingerprint density at radius 3 is 2.35 bits per heavy atom. The van der Waals surface area contributed by atoms with Crippen LogP contribution in [0, 0.1) is 11.8 Å². The van der Waals surface area contributed by atoms with Crippen molar-refractivity contribution in [1.82, 2.24) is 4.90 Å². The summed E-state index contributed by atoms with van der Waals surface area (Å²) in [5, 5.41) is 0. The maximum absolute atomic E-state index is 12.3. The molecule has 0 aromatic rings. The molecule has 2 aliphatic rings. The first kappa shape index (κ1) is 17.0. The number of carbonyl (C=O) groups excluding carboxylic acids is 1. The molecule has 2 rings (SSSR count). The summed E-state index contributed by atoms with van der Waals surface area (Å²) in [6.07, 6.45) is 5.39. The van der Waals surface area contributed by atoms with Crippen molar-refractivity contribution in [3.8, 4) is 0 Å². The number of ether oxygens (including phenoxy) is 1. The SMILES string of the molecule is CC.COC1CN(C(=O)C2=CC=C(C(C)C)CC2C)C1. The maximum atomic E-state index is 12.3. The van der Waals surface area contributed by atoms with E-state index < -0.39 is 0 Å². The van der Waals surface area contributed by atoms with Gasteiger partial charge in [-0.15, -0.1) is 0 Å². The molecule has 0 saturated carbocycles. The van der Waals surface area contributed by atoms with Gasteiger partial charge in [-0.25, -0.2) is 0 Å². The predicted molar refractivity (Wildman–Crippen MR) is 83.5 cm³/mol. The number of nitrogens with zero attached hydrogens (tertiary/aromatic N) is 1. The number of rotatable bonds is 3. The van der Waals surface area contributed by atoms with Gasteiger partial charge < -0.3 is 9.64 Å². The highest BCUT2D eigenvalue weighted by atomic mass is 16.5. The summed E-state index contributed by atoms with van der Waals surface area (Å²) in [5.74, 6) is 1.10. The fourth-order valence-corrected chi connectivity index (χ4v) is 2.54. The summed E-state index contributed by atoms with van der Waals surface area (Å²) in [5.41, 5.74) is 2.39. The predicted octanol–water partition coefficient (Wildman–Crippen LogP) is 3.42. The topological polar surface area (TPSA) is 29.5 Å². The molecule has 0 N–H and O–H groups in total. The summed E-state index contributed by atoms with van der Waals surface area (Å²) in [7, 11) is 1.70. The maximum Gasteiger partial charge on any atom is 0.250 e. The van der Waals surface area contributed by atoms with Gasteiger partial charge in [-0.3, -0.25) is 4.79 Å². The molecule has 1 amide bonds. The van der Waals surface area contributed by atoms with Gasteiger partial charge in [-0.1, -0.05) is 52.3 Å². The Morgan fingerprint density at radius 1 is 1.30 bits per heavy atom. The number of likely N-dealkylation sites (tertiary alicyclic amines) is 1. The van der Waals surface area contributed by atoms with Gasteiger partial charge in [0.15, 0.2) is 0 Å². The zero-order chi connectivity index (χ0) is 15.3. The molecular weight excluding hydrogens is 250 g/mol. The monoisotopic (exact) mass is 279 g/mol. The summed E-state index contributed by atoms with van der Waals surface area (Å²) >= 11 is 0. The van der Waals surface area contributed by atoms with E-state index >= 15 is 0 Å². The van der Waals surface area contributed by atoms with Crippen molar-refractivity contribution in [2.75, 3.05) is 20.2 Å². The molecule has 1 saturated heterocycles. The Bertz CT molecular complexity index is 390. The van der Waals surface area contributed by atoms with Gasteiger partial charge in [-0.2, -0.15) is 0 Å². The normalized spacial score (nSPS) is 22.6. The summed E-state index contributed by atoms with van der Waals surface area (Å²) in [6, 6.07) is 0. The van der Waals surface area contributed by atoms with Gasteiger partial charge in [0.2, 0.25) is 5.91 Å². The summed E-state index contributed by atoms with van der Waals surface area (Å²) < 4.78 is 5.20. The third-order valence-electron chi connectivity index (χ3n) is 4.01. The largest absolute Gasteiger partial charge is 0.378 e. The minimum Gasteiger partial charge on any atom is -0.378 e. The Hall–Kier alpha value is -1.09. The minimum atomic E-state index is 0.190. The highest BCUT2D eigenvalue weighted by Crippen LogP contribution is 2.31. The Morgan fingerprint density at radius 2 is 1.90 bits per heavy atom. The zero-order valence-corrected chi connectivity index (χ0v) is 13.8. The van der Waals surface area contributed by atoms with E-state index in [0.717, 1.165) is 25.1 Å². The van der Waals surface area contributed by atoms with E-state index in [4.69, 9.17) is 4.74 Å². The van der Waals surface area contributed by atoms with Crippen molar-refractivity contribution < 1.29 is 9.53 Å². The van der Waals surface area contributed by atoms with Crippen LogP contribution in [0.2, 0.25) is 0 Å². The van der Waals surface area contributed by atoms with E-state index in [0.29, 0.717) is 11.8 Å². The summed E-state index contributed by atoms with van der Waals surface area (Å²) in [4.78, 5) is 14.2. The van der Waals surface area contributed by atoms with Crippen LogP contribution in [0.4, 0.5) is 0 Å². The van der Waals surface area contributed by atoms with E-state index in [1.165, 1.54) is 5.57 Å². The first-order valence-electron chi connectivity index (χ1n) is 7.75. The molecule has 1 aliphatic heterocycles. The Labute approximate surface area is 123 Å². The van der Waals surface area contributed by atoms with Crippen LogP contribution in [0.25, 0.3) is 0 Å². The molecule has 3 nitrogen and oxygen atoms in total. The van der Waals surface area contributed by atoms with Gasteiger partial charge >= 0.3 is 0 Å². The quantitative estimate of drug-likeness (QED) is 0.792. The molecule has 0 aromatic carbocycles. The first-order chi connectivity index (χ1) is 9.52. The first-order valence-corrected chi connectivity index (χ1v) is 7.75. The second kappa shape index (κ2) is 7.63. The number of amides is 1. The van der Waals surface area contributed by atoms with Crippen molar-refractivity contribution in [1.29, 1.82) is 0 Å². The van der Waals surface area contributed by atoms with Crippen LogP contribution < -0.4 is 0 Å². The number of carbonyl (C=O) groups is 1. The van der Waals surface area contributed by atoms with Crippen LogP contribution >= 0.6 is 0 Å². The second-order valence-electron chi connectivity index (χ2n) is 5.69. The van der Waals surface area contributed by atoms with Gasteiger partial charge in [0.05, 0.1) is 6.10 Å². The lowest BCUT2D eigenvalue weighted by Crippen LogP contribution is -2.55. The molecule has 114 valence electrons. The average molecular weight is 279 g/mol. The number of hydrogen-bond acceptors (Lipinski definition) is 2. The lowest BCUT2D eigenvalue weighted by molar-refractivity contribution is -0.139. The number of hydrogen-bond donors (Lipinski definition) is 0. The molecule has 0 aromatic heterocycles. The fourth-order valence-electron chi connectivity index (χ4n) is 2.54. The van der Waals surface area contributed by atoms with Crippen LogP contribution in [0.3, 0.4) is 0 Å². The zero-order valence-electron chi connectivity index (χ0n) is 13.8. The average Bonchev–Trinajstić information content (AvgIpc) is 2.39. The fraction of sp³-hybridized carbons (Fsp3) is 0.706. The third-order valence-corrected chi connectivity index (χ3v) is 4.01. The van der Waals surface area contributed by atoms with Crippen LogP contribution in [0.15, 0.2) is 23.3 Å². The molecule has 1 fully saturated rings. The van der Waals surface area contributed by atoms with Crippen LogP contribution in [0.5, 0.6) is 0 Å². The Balaban J connectivity index is 0.000000956. The van der Waals surface area contributed by atoms with E-state index in [9.17, 15) is 4.79 Å². The van der Waals surface area contributed by atoms with Crippen molar-refractivity contribution in [3.05, 3.63) is 23.3 Å². The van der Waals surface area contributed by atoms with Crippen LogP contribution in [-0.2, 0) is 9.53 Å². The van der Waals surface area contributed by atoms with Crippen LogP contribution in [0.1, 0.15) is 41.0 Å². The molecule has 1 atom stereocenters. The molecule has 1 heterocycles. The molecule has 0 radical (unpaired) electrons. The van der Waals surface area contributed by atoms with E-state index in [1.54, 1.807) is 7.11 Å². The van der Waals surface area contributed by atoms with Gasteiger partial charge in [0.1, 0.15) is 0 Å². The van der Waals surface area contributed by atoms with E-state index in [-0.39, 0.29) is 12.0 Å². The molecule has 0 bridgehead atoms. The molecule has 1 unspecified atom stereocenters. The molecule has 0 spiro atoms. The second-order valence-corrected chi connectivity index (χ2v) is 5.69. The molecule has 1 aliphatic carbocycles. The van der Waals surface area contributed by atoms with Crippen molar-refractivity contribution in [2.45, 2.75) is 47.1 Å². The van der Waals surface area contributed by atoms with E-state index in [2.05, 4.69) is 26.8 Å². The minimum absolute atomic E-state index is 0.190. The lowest BCUT2D eigenvalue weighted by atomic mass is 9.83. The highest BCUT2D eigenvalue weighted by molar-refractivity contribution is 5.95. The van der Waals surface area contributed by atoms with Crippen molar-refractivity contribution >= 4 is 5.91 Å². The van der Waals surface area contributed by atoms with Crippen molar-refractivity contribution in [2.24, 2.45) is 11.8 Å². The summed E-state index contributed by atoms with van der Waals surface area (Å²) in [6.45, 7) is 12.0. The standard InChI is InChI=1S/C15H23NO2.C2H6/c1-10(2)12-5-6-14(11(3)7-12)15(17)16-8-13(9-16)18-4;1-2/h5-6,10-11,13H,7-9H2,1-4H3;1-2H3. The van der Waals surface area contributed by atoms with Crippen molar-refractivity contribution in [3.63, 3.8) is 0 Å². The number of allylic oxidation sites excluding steroid dienone is 3. The molecular formula is C17H29NO2. The number of methoxy groups -OCH3 is 1. The third kappa shape index (κ3) is 3.72. The van der Waals surface area contributed by atoms with Crippen LogP contribution in [-0.4, -0.2) is 37.1 Å². The van der Waals surface area contributed by atoms with Gasteiger partial charge in [0, 0.05) is 25.8 Å². The Kier molecular flexibility index (Phi) is 6.47. The van der Waals surface area contributed by atoms with E-state index in [1.807, 2.05) is 24.8 Å². The van der Waals surface area contributed by atoms with Gasteiger partial charge in [0.25, 0.3) is 0 Å². The molecule has 20 heavy (non-hydrogen) atoms. The van der Waals surface area contributed by atoms with Gasteiger partial charge in [-0.05, 0) is 18.3 Å². The lowest BCUT2D eigenvalue weighted by Gasteiger charge is -2.39. The molecule has 3 heteroatoms.